The van der Waals surface area contributed by atoms with Crippen LogP contribution in [0.15, 0.2) is 76.2 Å². The van der Waals surface area contributed by atoms with Crippen molar-refractivity contribution in [2.45, 2.75) is 0 Å². The van der Waals surface area contributed by atoms with E-state index in [1.807, 2.05) is 0 Å². The summed E-state index contributed by atoms with van der Waals surface area (Å²) in [5, 5.41) is 5.46. The molecular formula is C20H15BBrN5O2. The lowest BCUT2D eigenvalue weighted by molar-refractivity contribution is 0.102. The molecule has 29 heavy (non-hydrogen) atoms. The molecule has 2 amide bonds. The Hall–Kier alpha value is -3.46. The van der Waals surface area contributed by atoms with Gasteiger partial charge in [0.15, 0.2) is 0 Å². The van der Waals surface area contributed by atoms with E-state index in [9.17, 15) is 9.59 Å². The van der Waals surface area contributed by atoms with Crippen LogP contribution in [0.2, 0.25) is 0 Å². The number of hydrogen-bond donors (Lipinski definition) is 3. The molecule has 0 bridgehead atoms. The van der Waals surface area contributed by atoms with Crippen molar-refractivity contribution in [3.05, 3.63) is 88.0 Å². The molecule has 3 aromatic rings. The van der Waals surface area contributed by atoms with E-state index in [2.05, 4.69) is 36.5 Å². The van der Waals surface area contributed by atoms with Crippen LogP contribution in [0.4, 0.5) is 11.5 Å². The number of nitrogens with two attached hydrogens (primary N) is 1. The number of para-hydroxylation sites is 1. The van der Waals surface area contributed by atoms with E-state index in [0.717, 1.165) is 4.47 Å². The predicted molar refractivity (Wildman–Crippen MR) is 117 cm³/mol. The average Bonchev–Trinajstić information content (AvgIpc) is 2.75. The summed E-state index contributed by atoms with van der Waals surface area (Å²) in [6.45, 7) is 0. The Bertz CT molecular complexity index is 1070. The fourth-order valence-corrected chi connectivity index (χ4v) is 2.72. The minimum absolute atomic E-state index is 0.167. The molecule has 142 valence electrons. The first-order valence-electron chi connectivity index (χ1n) is 8.45. The Morgan fingerprint density at radius 2 is 1.62 bits per heavy atom. The summed E-state index contributed by atoms with van der Waals surface area (Å²) in [7, 11) is 5.15. The maximum atomic E-state index is 12.6. The Balaban J connectivity index is 1.77. The number of pyridine rings is 1. The standard InChI is InChI=1S/C20H15BBrN5O2/c21-27-18(23)12-5-7-13(8-6-12)19(28)25-16-4-2-1-3-15(16)20(29)26-17-10-9-14(22)11-24-17/h1-11H,(H2,23,27)(H,25,28)(H,24,26,29). The Kier molecular flexibility index (Phi) is 6.41. The molecule has 0 spiro atoms. The van der Waals surface area contributed by atoms with Gasteiger partial charge in [-0.05, 0) is 52.3 Å². The van der Waals surface area contributed by atoms with E-state index >= 15 is 0 Å². The fraction of sp³-hybridized carbons (Fsp3) is 0. The van der Waals surface area contributed by atoms with Crippen LogP contribution in [-0.4, -0.2) is 30.6 Å². The zero-order valence-corrected chi connectivity index (χ0v) is 16.7. The molecule has 0 aliphatic carbocycles. The largest absolute Gasteiger partial charge is 0.385 e. The molecule has 3 rings (SSSR count). The summed E-state index contributed by atoms with van der Waals surface area (Å²) in [5.41, 5.74) is 7.32. The summed E-state index contributed by atoms with van der Waals surface area (Å²) in [6.07, 6.45) is 1.58. The van der Waals surface area contributed by atoms with Crippen LogP contribution < -0.4 is 16.4 Å². The summed E-state index contributed by atoms with van der Waals surface area (Å²) in [4.78, 5) is 32.8. The summed E-state index contributed by atoms with van der Waals surface area (Å²) in [5.74, 6) is -0.200. The van der Waals surface area contributed by atoms with Crippen molar-refractivity contribution in [1.29, 1.82) is 0 Å². The quantitative estimate of drug-likeness (QED) is 0.317. The van der Waals surface area contributed by atoms with E-state index in [1.54, 1.807) is 66.9 Å². The first-order valence-corrected chi connectivity index (χ1v) is 9.24. The number of nitrogens with one attached hydrogen (secondary N) is 2. The van der Waals surface area contributed by atoms with Gasteiger partial charge in [-0.15, -0.1) is 0 Å². The topological polar surface area (TPSA) is 109 Å². The molecule has 0 fully saturated rings. The second kappa shape index (κ2) is 9.16. The number of carbonyl (C=O) groups excluding carboxylic acids is 2. The molecule has 0 aliphatic heterocycles. The van der Waals surface area contributed by atoms with E-state index in [0.29, 0.717) is 28.2 Å². The van der Waals surface area contributed by atoms with E-state index < -0.39 is 5.91 Å². The molecule has 0 saturated carbocycles. The number of halogens is 1. The molecule has 0 aliphatic rings. The highest BCUT2D eigenvalue weighted by molar-refractivity contribution is 9.10. The number of amides is 2. The predicted octanol–water partition coefficient (Wildman–Crippen LogP) is 3.14. The number of benzene rings is 2. The summed E-state index contributed by atoms with van der Waals surface area (Å²) in [6, 6.07) is 16.6. The number of nitrogens with zero attached hydrogens (tertiary/aromatic N) is 2. The molecule has 0 atom stereocenters. The van der Waals surface area contributed by atoms with Gasteiger partial charge in [0.05, 0.1) is 11.3 Å². The average molecular weight is 448 g/mol. The number of amidine groups is 1. The lowest BCUT2D eigenvalue weighted by atomic mass is 10.1. The van der Waals surface area contributed by atoms with Gasteiger partial charge in [0.25, 0.3) is 19.8 Å². The zero-order chi connectivity index (χ0) is 20.8. The maximum absolute atomic E-state index is 12.6. The maximum Gasteiger partial charge on any atom is 0.262 e. The highest BCUT2D eigenvalue weighted by atomic mass is 79.9. The van der Waals surface area contributed by atoms with Crippen molar-refractivity contribution in [1.82, 2.24) is 4.98 Å². The molecule has 0 unspecified atom stereocenters. The molecule has 2 radical (unpaired) electrons. The third-order valence-electron chi connectivity index (χ3n) is 3.97. The van der Waals surface area contributed by atoms with E-state index in [4.69, 9.17) is 13.7 Å². The molecule has 1 aromatic heterocycles. The van der Waals surface area contributed by atoms with Gasteiger partial charge in [-0.25, -0.2) is 4.98 Å². The monoisotopic (exact) mass is 447 g/mol. The molecule has 7 nitrogen and oxygen atoms in total. The van der Waals surface area contributed by atoms with Gasteiger partial charge >= 0.3 is 0 Å². The Morgan fingerprint density at radius 1 is 0.931 bits per heavy atom. The van der Waals surface area contributed by atoms with Gasteiger partial charge in [0, 0.05) is 21.8 Å². The number of rotatable bonds is 5. The zero-order valence-electron chi connectivity index (χ0n) is 15.1. The van der Waals surface area contributed by atoms with Crippen molar-refractivity contribution in [2.75, 3.05) is 10.6 Å². The second-order valence-corrected chi connectivity index (χ2v) is 6.82. The smallest absolute Gasteiger partial charge is 0.262 e. The first kappa shape index (κ1) is 20.3. The van der Waals surface area contributed by atoms with Gasteiger partial charge in [-0.1, -0.05) is 24.3 Å². The minimum atomic E-state index is -0.391. The van der Waals surface area contributed by atoms with Crippen LogP contribution >= 0.6 is 15.9 Å². The lowest BCUT2D eigenvalue weighted by Gasteiger charge is -2.11. The van der Waals surface area contributed by atoms with Crippen LogP contribution in [0.1, 0.15) is 26.3 Å². The van der Waals surface area contributed by atoms with Crippen LogP contribution in [0.5, 0.6) is 0 Å². The number of aromatic nitrogens is 1. The summed E-state index contributed by atoms with van der Waals surface area (Å²) >= 11 is 3.29. The lowest BCUT2D eigenvalue weighted by Crippen LogP contribution is -2.19. The van der Waals surface area contributed by atoms with Gasteiger partial charge in [-0.2, -0.15) is 0 Å². The van der Waals surface area contributed by atoms with E-state index in [-0.39, 0.29) is 11.7 Å². The van der Waals surface area contributed by atoms with Gasteiger partial charge in [0.1, 0.15) is 11.7 Å². The second-order valence-electron chi connectivity index (χ2n) is 5.91. The molecule has 0 saturated heterocycles. The highest BCUT2D eigenvalue weighted by Crippen LogP contribution is 2.19. The highest BCUT2D eigenvalue weighted by Gasteiger charge is 2.15. The first-order chi connectivity index (χ1) is 14.0. The van der Waals surface area contributed by atoms with Crippen molar-refractivity contribution >= 4 is 53.1 Å². The molecule has 9 heteroatoms. The van der Waals surface area contributed by atoms with Crippen LogP contribution in [0.25, 0.3) is 0 Å². The van der Waals surface area contributed by atoms with Gasteiger partial charge in [0.2, 0.25) is 0 Å². The number of anilines is 2. The normalized spacial score (nSPS) is 11.0. The molecule has 1 heterocycles. The summed E-state index contributed by atoms with van der Waals surface area (Å²) < 4.78 is 0.800. The number of hydrogen-bond acceptors (Lipinski definition) is 4. The van der Waals surface area contributed by atoms with E-state index in [1.165, 1.54) is 0 Å². The third kappa shape index (κ3) is 5.08. The van der Waals surface area contributed by atoms with Crippen LogP contribution in [-0.2, 0) is 0 Å². The number of carbonyl (C=O) groups is 2. The minimum Gasteiger partial charge on any atom is -0.385 e. The van der Waals surface area contributed by atoms with Crippen LogP contribution in [0.3, 0.4) is 0 Å². The van der Waals surface area contributed by atoms with Crippen molar-refractivity contribution in [3.8, 4) is 0 Å². The Labute approximate surface area is 177 Å². The Morgan fingerprint density at radius 3 is 2.28 bits per heavy atom. The molecular weight excluding hydrogens is 433 g/mol. The van der Waals surface area contributed by atoms with Crippen molar-refractivity contribution < 1.29 is 9.59 Å². The van der Waals surface area contributed by atoms with Gasteiger partial charge < -0.3 is 21.3 Å². The molecule has 4 N–H and O–H groups in total. The third-order valence-corrected chi connectivity index (χ3v) is 4.44. The SMILES string of the molecule is [B]N=C(N)c1ccc(C(=O)Nc2ccccc2C(=O)Nc2ccc(Br)cn2)cc1. The van der Waals surface area contributed by atoms with Crippen LogP contribution in [0, 0.1) is 0 Å². The van der Waals surface area contributed by atoms with Crippen molar-refractivity contribution in [2.24, 2.45) is 10.6 Å². The van der Waals surface area contributed by atoms with Crippen molar-refractivity contribution in [3.63, 3.8) is 0 Å². The van der Waals surface area contributed by atoms with Gasteiger partial charge in [-0.3, -0.25) is 9.59 Å². The molecule has 2 aromatic carbocycles. The fourth-order valence-electron chi connectivity index (χ4n) is 2.48.